The van der Waals surface area contributed by atoms with Crippen LogP contribution in [-0.2, 0) is 9.59 Å². The molecule has 1 fully saturated rings. The second-order valence-electron chi connectivity index (χ2n) is 7.15. The van der Waals surface area contributed by atoms with E-state index in [1.165, 1.54) is 11.8 Å². The van der Waals surface area contributed by atoms with Crippen LogP contribution in [0.15, 0.2) is 34.5 Å². The highest BCUT2D eigenvalue weighted by Crippen LogP contribution is 2.24. The average molecular weight is 391 g/mol. The van der Waals surface area contributed by atoms with Crippen molar-refractivity contribution in [1.82, 2.24) is 5.32 Å². The molecule has 0 spiro atoms. The molecule has 0 radical (unpaired) electrons. The Labute approximate surface area is 164 Å². The highest BCUT2D eigenvalue weighted by Gasteiger charge is 2.32. The molecule has 0 bridgehead atoms. The number of carbonyl (C=O) groups is 2. The summed E-state index contributed by atoms with van der Waals surface area (Å²) in [6.45, 7) is 10.5. The van der Waals surface area contributed by atoms with Crippen LogP contribution in [0.2, 0.25) is 0 Å². The third kappa shape index (κ3) is 6.39. The van der Waals surface area contributed by atoms with E-state index in [1.54, 1.807) is 24.3 Å². The summed E-state index contributed by atoms with van der Waals surface area (Å²) in [6.07, 6.45) is 0.0602. The predicted molar refractivity (Wildman–Crippen MR) is 110 cm³/mol. The Morgan fingerprint density at radius 3 is 2.56 bits per heavy atom. The zero-order valence-corrected chi connectivity index (χ0v) is 17.1. The molecule has 1 aromatic rings. The second-order valence-corrected chi connectivity index (χ2v) is 8.34. The fourth-order valence-electron chi connectivity index (χ4n) is 2.04. The third-order valence-corrected chi connectivity index (χ3v) is 5.04. The highest BCUT2D eigenvalue weighted by atomic mass is 32.2. The molecule has 2 N–H and O–H groups in total. The first-order chi connectivity index (χ1) is 12.7. The van der Waals surface area contributed by atoms with E-state index in [-0.39, 0.29) is 23.7 Å². The minimum Gasteiger partial charge on any atom is -0.494 e. The van der Waals surface area contributed by atoms with Gasteiger partial charge in [-0.25, -0.2) is 0 Å². The van der Waals surface area contributed by atoms with Gasteiger partial charge in [-0.3, -0.25) is 9.59 Å². The molecule has 1 atom stereocenters. The fraction of sp³-hybridized carbons (Fsp3) is 0.474. The maximum Gasteiger partial charge on any atom is 0.240 e. The number of hydrogen-bond donors (Lipinski definition) is 2. The van der Waals surface area contributed by atoms with Gasteiger partial charge in [-0.2, -0.15) is 5.10 Å². The molecule has 8 heteroatoms. The lowest BCUT2D eigenvalue weighted by Crippen LogP contribution is -2.28. The molecule has 2 rings (SSSR count). The minimum absolute atomic E-state index is 0.0602. The van der Waals surface area contributed by atoms with Crippen LogP contribution in [0.3, 0.4) is 0 Å². The van der Waals surface area contributed by atoms with Crippen LogP contribution in [0.25, 0.3) is 0 Å². The van der Waals surface area contributed by atoms with E-state index in [0.717, 1.165) is 11.5 Å². The lowest BCUT2D eigenvalue weighted by Gasteiger charge is -2.16. The second kappa shape index (κ2) is 9.03. The standard InChI is InChI=1S/C19H26N4O3S/c1-6-26-14-9-7-13(8-10-14)20-16(24)11-15-17(25)21-18(27-15)23-22-12(2)19(3,4)5/h7-10,15H,6,11H2,1-5H3,(H,20,24)(H,21,23,25)/b22-12-/t15-/m0/s1. The summed E-state index contributed by atoms with van der Waals surface area (Å²) in [6, 6.07) is 7.11. The van der Waals surface area contributed by atoms with E-state index in [9.17, 15) is 9.59 Å². The lowest BCUT2D eigenvalue weighted by atomic mass is 9.91. The quantitative estimate of drug-likeness (QED) is 0.575. The minimum atomic E-state index is -0.517. The van der Waals surface area contributed by atoms with E-state index in [2.05, 4.69) is 20.8 Å². The normalized spacial score (nSPS) is 19.1. The Balaban J connectivity index is 1.91. The predicted octanol–water partition coefficient (Wildman–Crippen LogP) is 3.42. The summed E-state index contributed by atoms with van der Waals surface area (Å²) in [5.41, 5.74) is 1.43. The van der Waals surface area contributed by atoms with Crippen molar-refractivity contribution in [3.8, 4) is 5.75 Å². The first kappa shape index (κ1) is 21.0. The van der Waals surface area contributed by atoms with Crippen molar-refractivity contribution in [1.29, 1.82) is 0 Å². The van der Waals surface area contributed by atoms with Crippen LogP contribution < -0.4 is 15.4 Å². The number of nitrogens with zero attached hydrogens (tertiary/aromatic N) is 2. The first-order valence-electron chi connectivity index (χ1n) is 8.82. The van der Waals surface area contributed by atoms with E-state index < -0.39 is 5.25 Å². The van der Waals surface area contributed by atoms with E-state index >= 15 is 0 Å². The zero-order valence-electron chi connectivity index (χ0n) is 16.3. The fourth-order valence-corrected chi connectivity index (χ4v) is 2.96. The molecule has 1 saturated heterocycles. The average Bonchev–Trinajstić information content (AvgIpc) is 2.93. The van der Waals surface area contributed by atoms with Crippen LogP contribution in [0, 0.1) is 5.41 Å². The van der Waals surface area contributed by atoms with Crippen molar-refractivity contribution in [2.75, 3.05) is 11.9 Å². The zero-order chi connectivity index (χ0) is 20.0. The van der Waals surface area contributed by atoms with Crippen LogP contribution in [-0.4, -0.2) is 34.6 Å². The monoisotopic (exact) mass is 390 g/mol. The molecular formula is C19H26N4O3S. The number of nitrogens with one attached hydrogen (secondary N) is 2. The van der Waals surface area contributed by atoms with Gasteiger partial charge in [0.2, 0.25) is 11.8 Å². The topological polar surface area (TPSA) is 92.2 Å². The Hall–Kier alpha value is -2.35. The molecule has 1 aromatic carbocycles. The maximum atomic E-state index is 12.2. The van der Waals surface area contributed by atoms with E-state index in [0.29, 0.717) is 17.5 Å². The van der Waals surface area contributed by atoms with E-state index in [1.807, 2.05) is 34.6 Å². The highest BCUT2D eigenvalue weighted by molar-refractivity contribution is 8.15. The van der Waals surface area contributed by atoms with Crippen LogP contribution in [0.5, 0.6) is 5.75 Å². The van der Waals surface area contributed by atoms with Gasteiger partial charge in [0.25, 0.3) is 0 Å². The molecule has 1 heterocycles. The van der Waals surface area contributed by atoms with Gasteiger partial charge in [0.1, 0.15) is 11.0 Å². The number of ether oxygens (including phenoxy) is 1. The molecule has 0 aliphatic carbocycles. The number of benzene rings is 1. The number of anilines is 1. The van der Waals surface area contributed by atoms with Gasteiger partial charge in [-0.15, -0.1) is 5.10 Å². The van der Waals surface area contributed by atoms with Crippen molar-refractivity contribution in [3.63, 3.8) is 0 Å². The van der Waals surface area contributed by atoms with Gasteiger partial charge in [-0.05, 0) is 38.1 Å². The van der Waals surface area contributed by atoms with Crippen LogP contribution in [0.4, 0.5) is 5.69 Å². The molecule has 0 unspecified atom stereocenters. The Bertz CT molecular complexity index is 751. The summed E-state index contributed by atoms with van der Waals surface area (Å²) < 4.78 is 5.37. The first-order valence-corrected chi connectivity index (χ1v) is 9.70. The molecule has 2 amide bonds. The van der Waals surface area contributed by atoms with Gasteiger partial charge in [0.15, 0.2) is 5.17 Å². The van der Waals surface area contributed by atoms with Crippen molar-refractivity contribution in [3.05, 3.63) is 24.3 Å². The molecule has 0 aromatic heterocycles. The molecule has 146 valence electrons. The molecule has 7 nitrogen and oxygen atoms in total. The largest absolute Gasteiger partial charge is 0.494 e. The molecule has 1 aliphatic rings. The van der Waals surface area contributed by atoms with Gasteiger partial charge >= 0.3 is 0 Å². The molecule has 27 heavy (non-hydrogen) atoms. The summed E-state index contributed by atoms with van der Waals surface area (Å²) in [5, 5.41) is 13.6. The van der Waals surface area contributed by atoms with Crippen molar-refractivity contribution in [2.45, 2.75) is 46.3 Å². The lowest BCUT2D eigenvalue weighted by molar-refractivity contribution is -0.122. The summed E-state index contributed by atoms with van der Waals surface area (Å²) in [7, 11) is 0. The number of amidine groups is 1. The van der Waals surface area contributed by atoms with Crippen LogP contribution >= 0.6 is 11.8 Å². The number of amides is 2. The van der Waals surface area contributed by atoms with Crippen LogP contribution in [0.1, 0.15) is 41.0 Å². The number of carbonyl (C=O) groups excluding carboxylic acids is 2. The van der Waals surface area contributed by atoms with Gasteiger partial charge < -0.3 is 15.4 Å². The smallest absolute Gasteiger partial charge is 0.240 e. The summed E-state index contributed by atoms with van der Waals surface area (Å²) in [5.74, 6) is 0.278. The SMILES string of the molecule is CCOc1ccc(NC(=O)C[C@@H]2S/C(=N/N=C(/C)C(C)(C)C)NC2=O)cc1. The molecule has 1 aliphatic heterocycles. The van der Waals surface area contributed by atoms with Gasteiger partial charge in [0, 0.05) is 23.2 Å². The van der Waals surface area contributed by atoms with Gasteiger partial charge in [0.05, 0.1) is 6.61 Å². The summed E-state index contributed by atoms with van der Waals surface area (Å²) in [4.78, 5) is 24.3. The van der Waals surface area contributed by atoms with Crippen molar-refractivity contribution in [2.24, 2.45) is 15.6 Å². The Kier molecular flexibility index (Phi) is 7.01. The number of rotatable bonds is 6. The van der Waals surface area contributed by atoms with E-state index in [4.69, 9.17) is 4.74 Å². The molecule has 0 saturated carbocycles. The third-order valence-electron chi connectivity index (χ3n) is 3.97. The maximum absolute atomic E-state index is 12.2. The Morgan fingerprint density at radius 1 is 1.30 bits per heavy atom. The van der Waals surface area contributed by atoms with Crippen molar-refractivity contribution >= 4 is 40.1 Å². The number of hydrogen-bond acceptors (Lipinski definition) is 6. The Morgan fingerprint density at radius 2 is 1.96 bits per heavy atom. The molecular weight excluding hydrogens is 364 g/mol. The number of thioether (sulfide) groups is 1. The van der Waals surface area contributed by atoms with Gasteiger partial charge in [-0.1, -0.05) is 32.5 Å². The van der Waals surface area contributed by atoms with Crippen molar-refractivity contribution < 1.29 is 14.3 Å². The summed E-state index contributed by atoms with van der Waals surface area (Å²) >= 11 is 1.22.